The average molecular weight is 538 g/mol. The normalized spacial score (nSPS) is 13.0. The topological polar surface area (TPSA) is 87.7 Å². The highest BCUT2D eigenvalue weighted by Crippen LogP contribution is 2.32. The molecule has 2 N–H and O–H groups in total. The summed E-state index contributed by atoms with van der Waals surface area (Å²) in [5.41, 5.74) is 2.89. The minimum atomic E-state index is -0.582. The number of rotatable bonds is 8. The average Bonchev–Trinajstić information content (AvgIpc) is 3.17. The van der Waals surface area contributed by atoms with E-state index in [0.717, 1.165) is 16.2 Å². The molecule has 0 unspecified atom stereocenters. The van der Waals surface area contributed by atoms with Crippen molar-refractivity contribution in [1.29, 1.82) is 0 Å². The van der Waals surface area contributed by atoms with Gasteiger partial charge in [0.1, 0.15) is 22.2 Å². The number of nitrogens with one attached hydrogen (secondary N) is 2. The monoisotopic (exact) mass is 537 g/mol. The van der Waals surface area contributed by atoms with Crippen LogP contribution in [0.25, 0.3) is 0 Å². The smallest absolute Gasteiger partial charge is 0.283 e. The van der Waals surface area contributed by atoms with Gasteiger partial charge in [-0.25, -0.2) is 4.90 Å². The zero-order valence-electron chi connectivity index (χ0n) is 21.0. The molecule has 0 fully saturated rings. The second kappa shape index (κ2) is 11.2. The van der Waals surface area contributed by atoms with E-state index in [4.69, 9.17) is 16.3 Å². The van der Waals surface area contributed by atoms with Crippen molar-refractivity contribution in [3.8, 4) is 11.5 Å². The first kappa shape index (κ1) is 25.8. The Bertz CT molecular complexity index is 1570. The van der Waals surface area contributed by atoms with E-state index in [2.05, 4.69) is 10.6 Å². The lowest BCUT2D eigenvalue weighted by Gasteiger charge is -2.18. The molecule has 0 radical (unpaired) electrons. The van der Waals surface area contributed by atoms with E-state index in [1.165, 1.54) is 0 Å². The largest absolute Gasteiger partial charge is 0.457 e. The first-order chi connectivity index (χ1) is 18.9. The maximum atomic E-state index is 13.1. The highest BCUT2D eigenvalue weighted by Gasteiger charge is 2.39. The maximum absolute atomic E-state index is 13.1. The molecule has 39 heavy (non-hydrogen) atoms. The van der Waals surface area contributed by atoms with Crippen LogP contribution in [0.1, 0.15) is 22.8 Å². The van der Waals surface area contributed by atoms with Crippen LogP contribution in [0.2, 0.25) is 0 Å². The highest BCUT2D eigenvalue weighted by atomic mass is 35.5. The van der Waals surface area contributed by atoms with Crippen molar-refractivity contribution in [2.24, 2.45) is 0 Å². The third-order valence-electron chi connectivity index (χ3n) is 6.15. The molecule has 5 rings (SSSR count). The van der Waals surface area contributed by atoms with Crippen molar-refractivity contribution in [2.45, 2.75) is 13.3 Å². The minimum absolute atomic E-state index is 0.0115. The molecule has 0 bridgehead atoms. The van der Waals surface area contributed by atoms with Gasteiger partial charge in [0.15, 0.2) is 0 Å². The molecule has 0 aromatic heterocycles. The fourth-order valence-electron chi connectivity index (χ4n) is 4.14. The Kier molecular flexibility index (Phi) is 7.43. The van der Waals surface area contributed by atoms with Gasteiger partial charge in [0.05, 0.1) is 5.69 Å². The molecule has 0 aliphatic carbocycles. The highest BCUT2D eigenvalue weighted by molar-refractivity contribution is 6.53. The van der Waals surface area contributed by atoms with Gasteiger partial charge in [0.2, 0.25) is 0 Å². The Hall–Kier alpha value is -4.88. The lowest BCUT2D eigenvalue weighted by molar-refractivity contribution is -0.120. The first-order valence-electron chi connectivity index (χ1n) is 12.3. The second-order valence-electron chi connectivity index (χ2n) is 8.71. The van der Waals surface area contributed by atoms with Crippen LogP contribution in [0.5, 0.6) is 11.5 Å². The Labute approximate surface area is 230 Å². The van der Waals surface area contributed by atoms with E-state index in [0.29, 0.717) is 34.8 Å². The number of anilines is 3. The molecule has 4 aromatic rings. The maximum Gasteiger partial charge on any atom is 0.283 e. The fourth-order valence-corrected chi connectivity index (χ4v) is 4.35. The number of hydrogen-bond donors (Lipinski definition) is 2. The zero-order valence-corrected chi connectivity index (χ0v) is 21.7. The van der Waals surface area contributed by atoms with Gasteiger partial charge >= 0.3 is 0 Å². The number of imide groups is 1. The van der Waals surface area contributed by atoms with Gasteiger partial charge in [-0.2, -0.15) is 0 Å². The SMILES string of the molecule is CCc1ccccc1N1C(=O)C(Cl)=C(Nc2ccc(C(=O)Nc3ccc(Oc4ccccc4)cc3)cc2)C1=O. The molecule has 194 valence electrons. The first-order valence-corrected chi connectivity index (χ1v) is 12.7. The molecule has 8 heteroatoms. The van der Waals surface area contributed by atoms with Gasteiger partial charge in [0.25, 0.3) is 17.7 Å². The molecule has 3 amide bonds. The van der Waals surface area contributed by atoms with Gasteiger partial charge in [-0.3, -0.25) is 14.4 Å². The summed E-state index contributed by atoms with van der Waals surface area (Å²) >= 11 is 6.27. The van der Waals surface area contributed by atoms with E-state index in [1.807, 2.05) is 49.4 Å². The van der Waals surface area contributed by atoms with E-state index in [-0.39, 0.29) is 16.6 Å². The van der Waals surface area contributed by atoms with Crippen molar-refractivity contribution < 1.29 is 19.1 Å². The van der Waals surface area contributed by atoms with E-state index >= 15 is 0 Å². The summed E-state index contributed by atoms with van der Waals surface area (Å²) in [5, 5.41) is 5.60. The van der Waals surface area contributed by atoms with Gasteiger partial charge in [-0.05, 0) is 78.7 Å². The third-order valence-corrected chi connectivity index (χ3v) is 6.50. The van der Waals surface area contributed by atoms with Crippen LogP contribution in [0, 0.1) is 0 Å². The summed E-state index contributed by atoms with van der Waals surface area (Å²) in [6.07, 6.45) is 0.656. The quantitative estimate of drug-likeness (QED) is 0.243. The molecule has 0 atom stereocenters. The van der Waals surface area contributed by atoms with Crippen molar-refractivity contribution in [3.63, 3.8) is 0 Å². The number of hydrogen-bond acceptors (Lipinski definition) is 5. The Morgan fingerprint density at radius 2 is 1.38 bits per heavy atom. The molecule has 1 heterocycles. The number of para-hydroxylation sites is 2. The van der Waals surface area contributed by atoms with Crippen LogP contribution in [0.15, 0.2) is 114 Å². The molecule has 1 aliphatic rings. The van der Waals surface area contributed by atoms with Crippen LogP contribution in [0.4, 0.5) is 17.1 Å². The molecular formula is C31H24ClN3O4. The van der Waals surface area contributed by atoms with Gasteiger partial charge in [0, 0.05) is 16.9 Å². The van der Waals surface area contributed by atoms with Gasteiger partial charge in [-0.15, -0.1) is 0 Å². The van der Waals surface area contributed by atoms with Crippen LogP contribution in [0.3, 0.4) is 0 Å². The molecule has 1 aliphatic heterocycles. The fraction of sp³-hybridized carbons (Fsp3) is 0.0645. The Balaban J connectivity index is 1.23. The van der Waals surface area contributed by atoms with Crippen molar-refractivity contribution >= 4 is 46.4 Å². The lowest BCUT2D eigenvalue weighted by atomic mass is 10.1. The van der Waals surface area contributed by atoms with Crippen molar-refractivity contribution in [1.82, 2.24) is 0 Å². The van der Waals surface area contributed by atoms with Crippen molar-refractivity contribution in [3.05, 3.63) is 125 Å². The molecule has 7 nitrogen and oxygen atoms in total. The standard InChI is InChI=1S/C31H24ClN3O4/c1-2-20-8-6-7-11-26(20)35-30(37)27(32)28(31(35)38)33-22-14-12-21(13-15-22)29(36)34-23-16-18-25(19-17-23)39-24-9-4-3-5-10-24/h3-19,33H,2H2,1H3,(H,34,36). The summed E-state index contributed by atoms with van der Waals surface area (Å²) in [5.74, 6) is -0.0415. The number of halogens is 1. The summed E-state index contributed by atoms with van der Waals surface area (Å²) in [6.45, 7) is 1.95. The van der Waals surface area contributed by atoms with Crippen molar-refractivity contribution in [2.75, 3.05) is 15.5 Å². The summed E-state index contributed by atoms with van der Waals surface area (Å²) in [6, 6.07) is 30.2. The predicted molar refractivity (Wildman–Crippen MR) is 152 cm³/mol. The van der Waals surface area contributed by atoms with E-state index in [1.54, 1.807) is 60.7 Å². The van der Waals surface area contributed by atoms with Crippen LogP contribution < -0.4 is 20.3 Å². The third kappa shape index (κ3) is 5.54. The summed E-state index contributed by atoms with van der Waals surface area (Å²) < 4.78 is 5.77. The Morgan fingerprint density at radius 3 is 2.08 bits per heavy atom. The molecule has 0 spiro atoms. The zero-order chi connectivity index (χ0) is 27.4. The minimum Gasteiger partial charge on any atom is -0.457 e. The van der Waals surface area contributed by atoms with E-state index < -0.39 is 11.8 Å². The molecular weight excluding hydrogens is 514 g/mol. The molecule has 0 saturated carbocycles. The van der Waals surface area contributed by atoms with E-state index in [9.17, 15) is 14.4 Å². The second-order valence-corrected chi connectivity index (χ2v) is 9.09. The number of amides is 3. The predicted octanol–water partition coefficient (Wildman–Crippen LogP) is 6.73. The Morgan fingerprint density at radius 1 is 0.769 bits per heavy atom. The summed E-state index contributed by atoms with van der Waals surface area (Å²) in [7, 11) is 0. The molecule has 0 saturated heterocycles. The lowest BCUT2D eigenvalue weighted by Crippen LogP contribution is -2.33. The van der Waals surface area contributed by atoms with Crippen LogP contribution in [-0.2, 0) is 16.0 Å². The number of ether oxygens (including phenoxy) is 1. The number of aryl methyl sites for hydroxylation is 1. The van der Waals surface area contributed by atoms with Crippen LogP contribution in [-0.4, -0.2) is 17.7 Å². The summed E-state index contributed by atoms with van der Waals surface area (Å²) in [4.78, 5) is 39.8. The number of benzene rings is 4. The van der Waals surface area contributed by atoms with Gasteiger partial charge < -0.3 is 15.4 Å². The number of carbonyl (C=O) groups is 3. The molecule has 4 aromatic carbocycles. The van der Waals surface area contributed by atoms with Gasteiger partial charge in [-0.1, -0.05) is 54.9 Å². The number of nitrogens with zero attached hydrogens (tertiary/aromatic N) is 1. The van der Waals surface area contributed by atoms with Crippen LogP contribution >= 0.6 is 11.6 Å². The number of carbonyl (C=O) groups excluding carboxylic acids is 3.